The molecule has 0 radical (unpaired) electrons. The molecule has 0 saturated carbocycles. The minimum Gasteiger partial charge on any atom is -0.382 e. The molecule has 0 atom stereocenters. The Morgan fingerprint density at radius 2 is 1.03 bits per heavy atom. The summed E-state index contributed by atoms with van der Waals surface area (Å²) in [5.41, 5.74) is -2.17. The number of methoxy groups -OCH3 is 1. The molecule has 0 spiro atoms. The van der Waals surface area contributed by atoms with E-state index in [9.17, 15) is 19.2 Å². The standard InChI is InChI=1S/C21H26N2O9/c1-28-4-5-30-8-9-32-11-10-31-7-6-29-3-2-23-20(26)16-12-14-15(13-17(16)21(23)27)19(25)22-18(14)24/h12-13H,2-11H2,1H3,(H,22,24,25). The van der Waals surface area contributed by atoms with Gasteiger partial charge in [-0.05, 0) is 12.1 Å². The van der Waals surface area contributed by atoms with Gasteiger partial charge in [-0.2, -0.15) is 0 Å². The number of rotatable bonds is 15. The van der Waals surface area contributed by atoms with Gasteiger partial charge in [0.1, 0.15) is 0 Å². The second-order valence-corrected chi connectivity index (χ2v) is 6.93. The normalized spacial score (nSPS) is 11.8. The van der Waals surface area contributed by atoms with Gasteiger partial charge in [-0.1, -0.05) is 0 Å². The molecule has 2 aromatic heterocycles. The van der Waals surface area contributed by atoms with Crippen LogP contribution >= 0.6 is 0 Å². The summed E-state index contributed by atoms with van der Waals surface area (Å²) in [5, 5.41) is 0.442. The zero-order valence-electron chi connectivity index (χ0n) is 17.8. The van der Waals surface area contributed by atoms with E-state index in [-0.39, 0.29) is 34.7 Å². The third-order valence-corrected chi connectivity index (χ3v) is 4.83. The molecular weight excluding hydrogens is 424 g/mol. The van der Waals surface area contributed by atoms with Crippen LogP contribution < -0.4 is 22.2 Å². The third-order valence-electron chi connectivity index (χ3n) is 4.83. The van der Waals surface area contributed by atoms with Crippen LogP contribution in [0.2, 0.25) is 0 Å². The number of fused-ring (bicyclic) bond motifs is 2. The lowest BCUT2D eigenvalue weighted by molar-refractivity contribution is -0.00835. The van der Waals surface area contributed by atoms with Crippen molar-refractivity contribution in [2.24, 2.45) is 0 Å². The molecular formula is C21H26N2O9. The number of hydrogen-bond acceptors (Lipinski definition) is 9. The average molecular weight is 450 g/mol. The molecule has 2 heterocycles. The van der Waals surface area contributed by atoms with Gasteiger partial charge in [0.2, 0.25) is 0 Å². The van der Waals surface area contributed by atoms with Crippen LogP contribution in [0.3, 0.4) is 0 Å². The minimum absolute atomic E-state index is 0.0589. The summed E-state index contributed by atoms with van der Waals surface area (Å²) in [6.07, 6.45) is 0. The highest BCUT2D eigenvalue weighted by atomic mass is 16.6. The first-order chi connectivity index (χ1) is 15.5. The average Bonchev–Trinajstić information content (AvgIpc) is 3.19. The molecule has 3 rings (SSSR count). The molecule has 1 aromatic carbocycles. The fourth-order valence-electron chi connectivity index (χ4n) is 3.21. The Bertz CT molecular complexity index is 1140. The van der Waals surface area contributed by atoms with Crippen LogP contribution in [0.15, 0.2) is 31.3 Å². The molecule has 0 aliphatic heterocycles. The first kappa shape index (κ1) is 24.0. The number of aromatic nitrogens is 2. The number of benzene rings is 1. The predicted octanol–water partition coefficient (Wildman–Crippen LogP) is -0.848. The van der Waals surface area contributed by atoms with E-state index < -0.39 is 22.2 Å². The van der Waals surface area contributed by atoms with Gasteiger partial charge in [-0.3, -0.25) is 28.7 Å². The van der Waals surface area contributed by atoms with Crippen LogP contribution in [0.25, 0.3) is 21.5 Å². The van der Waals surface area contributed by atoms with Gasteiger partial charge in [0.25, 0.3) is 22.2 Å². The lowest BCUT2D eigenvalue weighted by atomic mass is 10.1. The smallest absolute Gasteiger partial charge is 0.261 e. The topological polar surface area (TPSA) is 135 Å². The Hall–Kier alpha value is -2.70. The zero-order valence-corrected chi connectivity index (χ0v) is 17.8. The summed E-state index contributed by atoms with van der Waals surface area (Å²) in [4.78, 5) is 50.8. The molecule has 0 aliphatic carbocycles. The van der Waals surface area contributed by atoms with Crippen molar-refractivity contribution in [3.05, 3.63) is 53.5 Å². The molecule has 0 aliphatic rings. The molecule has 1 N–H and O–H groups in total. The quantitative estimate of drug-likeness (QED) is 0.294. The third kappa shape index (κ3) is 5.75. The Kier molecular flexibility index (Phi) is 8.82. The number of aromatic amines is 1. The van der Waals surface area contributed by atoms with Crippen molar-refractivity contribution in [1.29, 1.82) is 0 Å². The Balaban J connectivity index is 1.37. The van der Waals surface area contributed by atoms with E-state index in [2.05, 4.69) is 4.98 Å². The zero-order chi connectivity index (χ0) is 22.9. The maximum Gasteiger partial charge on any atom is 0.261 e. The predicted molar refractivity (Wildman–Crippen MR) is 116 cm³/mol. The van der Waals surface area contributed by atoms with Gasteiger partial charge in [0.15, 0.2) is 0 Å². The molecule has 0 saturated heterocycles. The van der Waals surface area contributed by atoms with Crippen LogP contribution in [0.4, 0.5) is 0 Å². The second-order valence-electron chi connectivity index (χ2n) is 6.93. The van der Waals surface area contributed by atoms with Crippen molar-refractivity contribution >= 4 is 21.5 Å². The summed E-state index contributed by atoms with van der Waals surface area (Å²) in [7, 11) is 1.61. The molecule has 32 heavy (non-hydrogen) atoms. The first-order valence-corrected chi connectivity index (χ1v) is 10.2. The highest BCUT2D eigenvalue weighted by Gasteiger charge is 2.16. The maximum atomic E-state index is 12.5. The molecule has 174 valence electrons. The van der Waals surface area contributed by atoms with E-state index >= 15 is 0 Å². The maximum absolute atomic E-state index is 12.5. The summed E-state index contributed by atoms with van der Waals surface area (Å²) in [6.45, 7) is 3.76. The summed E-state index contributed by atoms with van der Waals surface area (Å²) in [5.74, 6) is 0. The highest BCUT2D eigenvalue weighted by molar-refractivity contribution is 5.97. The van der Waals surface area contributed by atoms with E-state index in [1.54, 1.807) is 7.11 Å². The van der Waals surface area contributed by atoms with Crippen LogP contribution in [0.1, 0.15) is 0 Å². The number of ether oxygens (including phenoxy) is 5. The number of nitrogens with one attached hydrogen (secondary N) is 1. The molecule has 0 fully saturated rings. The molecule has 0 amide bonds. The van der Waals surface area contributed by atoms with E-state index in [0.29, 0.717) is 52.9 Å². The molecule has 11 heteroatoms. The molecule has 0 unspecified atom stereocenters. The van der Waals surface area contributed by atoms with Gasteiger partial charge in [-0.15, -0.1) is 0 Å². The van der Waals surface area contributed by atoms with Crippen LogP contribution in [-0.2, 0) is 30.2 Å². The number of nitrogens with zero attached hydrogens (tertiary/aromatic N) is 1. The number of hydrogen-bond donors (Lipinski definition) is 1. The summed E-state index contributed by atoms with van der Waals surface area (Å²) >= 11 is 0. The van der Waals surface area contributed by atoms with Crippen molar-refractivity contribution in [2.75, 3.05) is 66.6 Å². The largest absolute Gasteiger partial charge is 0.382 e. The fourth-order valence-corrected chi connectivity index (χ4v) is 3.21. The van der Waals surface area contributed by atoms with Crippen molar-refractivity contribution in [2.45, 2.75) is 6.54 Å². The highest BCUT2D eigenvalue weighted by Crippen LogP contribution is 2.13. The number of H-pyrrole nitrogens is 1. The van der Waals surface area contributed by atoms with E-state index in [0.717, 1.165) is 4.57 Å². The van der Waals surface area contributed by atoms with Gasteiger partial charge in [-0.25, -0.2) is 0 Å². The van der Waals surface area contributed by atoms with E-state index in [4.69, 9.17) is 23.7 Å². The van der Waals surface area contributed by atoms with Crippen molar-refractivity contribution in [3.63, 3.8) is 0 Å². The van der Waals surface area contributed by atoms with Crippen molar-refractivity contribution in [3.8, 4) is 0 Å². The van der Waals surface area contributed by atoms with Crippen molar-refractivity contribution in [1.82, 2.24) is 9.55 Å². The molecule has 0 bridgehead atoms. The van der Waals surface area contributed by atoms with Crippen LogP contribution in [0, 0.1) is 0 Å². The summed E-state index contributed by atoms with van der Waals surface area (Å²) < 4.78 is 27.3. The SMILES string of the molecule is COCCOCCOCCOCCOCCn1c(=O)c2cc3c(=O)[nH]c(=O)c3cc2c1=O. The van der Waals surface area contributed by atoms with Crippen LogP contribution in [-0.4, -0.2) is 76.1 Å². The van der Waals surface area contributed by atoms with Crippen molar-refractivity contribution < 1.29 is 23.7 Å². The van der Waals surface area contributed by atoms with E-state index in [1.165, 1.54) is 12.1 Å². The van der Waals surface area contributed by atoms with Gasteiger partial charge in [0.05, 0.1) is 87.6 Å². The van der Waals surface area contributed by atoms with E-state index in [1.807, 2.05) is 0 Å². The minimum atomic E-state index is -0.573. The fraction of sp³-hybridized carbons (Fsp3) is 0.524. The van der Waals surface area contributed by atoms with Gasteiger partial charge in [0, 0.05) is 7.11 Å². The molecule has 11 nitrogen and oxygen atoms in total. The molecule has 3 aromatic rings. The lowest BCUT2D eigenvalue weighted by Gasteiger charge is -2.07. The first-order valence-electron chi connectivity index (χ1n) is 10.2. The monoisotopic (exact) mass is 450 g/mol. The Morgan fingerprint density at radius 1 is 0.625 bits per heavy atom. The van der Waals surface area contributed by atoms with Gasteiger partial charge < -0.3 is 23.7 Å². The van der Waals surface area contributed by atoms with Gasteiger partial charge >= 0.3 is 0 Å². The Labute approximate surface area is 182 Å². The Morgan fingerprint density at radius 3 is 1.47 bits per heavy atom. The lowest BCUT2D eigenvalue weighted by Crippen LogP contribution is -2.27. The van der Waals surface area contributed by atoms with Crippen LogP contribution in [0.5, 0.6) is 0 Å². The summed E-state index contributed by atoms with van der Waals surface area (Å²) in [6, 6.07) is 2.60. The second kappa shape index (κ2) is 11.8.